The van der Waals surface area contributed by atoms with Crippen LogP contribution in [0.15, 0.2) is 0 Å². The molecule has 1 unspecified atom stereocenters. The van der Waals surface area contributed by atoms with E-state index >= 15 is 0 Å². The Morgan fingerprint density at radius 3 is 2.69 bits per heavy atom. The van der Waals surface area contributed by atoms with Crippen molar-refractivity contribution in [1.29, 1.82) is 0 Å². The first-order valence-corrected chi connectivity index (χ1v) is 5.25. The molecule has 0 saturated heterocycles. The van der Waals surface area contributed by atoms with Crippen molar-refractivity contribution in [2.24, 2.45) is 0 Å². The predicted octanol–water partition coefficient (Wildman–Crippen LogP) is 0.497. The van der Waals surface area contributed by atoms with Crippen LogP contribution in [0.1, 0.15) is 25.0 Å². The first-order valence-electron chi connectivity index (χ1n) is 5.25. The number of likely N-dealkylation sites (N-methyl/N-ethyl adjacent to an activating group) is 1. The highest BCUT2D eigenvalue weighted by Gasteiger charge is 2.20. The Morgan fingerprint density at radius 1 is 1.56 bits per heavy atom. The van der Waals surface area contributed by atoms with Gasteiger partial charge in [0.25, 0.3) is 0 Å². The number of nitrogens with one attached hydrogen (secondary N) is 1. The summed E-state index contributed by atoms with van der Waals surface area (Å²) in [4.78, 5) is 17.6. The molecule has 0 aliphatic heterocycles. The second-order valence-corrected chi connectivity index (χ2v) is 3.83. The van der Waals surface area contributed by atoms with Gasteiger partial charge in [0.1, 0.15) is 11.9 Å². The molecule has 16 heavy (non-hydrogen) atoms. The third kappa shape index (κ3) is 3.30. The normalized spacial score (nSPS) is 12.8. The van der Waals surface area contributed by atoms with Crippen molar-refractivity contribution in [2.75, 3.05) is 14.1 Å². The maximum Gasteiger partial charge on any atom is 0.323 e. The monoisotopic (exact) mass is 226 g/mol. The zero-order valence-corrected chi connectivity index (χ0v) is 10.1. The average Bonchev–Trinajstić information content (AvgIpc) is 2.62. The van der Waals surface area contributed by atoms with Crippen LogP contribution >= 0.6 is 0 Å². The summed E-state index contributed by atoms with van der Waals surface area (Å²) in [5.41, 5.74) is 0. The lowest BCUT2D eigenvalue weighted by molar-refractivity contribution is -0.150. The summed E-state index contributed by atoms with van der Waals surface area (Å²) in [6.07, 6.45) is 0.721. The van der Waals surface area contributed by atoms with Crippen molar-refractivity contribution >= 4 is 5.97 Å². The Hall–Kier alpha value is -1.43. The van der Waals surface area contributed by atoms with Crippen LogP contribution < -0.4 is 0 Å². The van der Waals surface area contributed by atoms with Crippen LogP contribution in [-0.4, -0.2) is 46.2 Å². The van der Waals surface area contributed by atoms with Gasteiger partial charge in [-0.05, 0) is 27.4 Å². The number of nitrogens with zero attached hydrogens (tertiary/aromatic N) is 3. The largest absolute Gasteiger partial charge is 0.456 e. The predicted molar refractivity (Wildman–Crippen MR) is 58.7 cm³/mol. The Balaban J connectivity index is 2.45. The van der Waals surface area contributed by atoms with Gasteiger partial charge in [0, 0.05) is 0 Å². The van der Waals surface area contributed by atoms with Crippen LogP contribution in [-0.2, 0) is 16.1 Å². The van der Waals surface area contributed by atoms with Gasteiger partial charge in [-0.15, -0.1) is 0 Å². The first-order chi connectivity index (χ1) is 7.54. The smallest absolute Gasteiger partial charge is 0.323 e. The summed E-state index contributed by atoms with van der Waals surface area (Å²) in [6, 6.07) is -0.208. The third-order valence-electron chi connectivity index (χ3n) is 2.27. The van der Waals surface area contributed by atoms with E-state index in [2.05, 4.69) is 15.2 Å². The number of hydrogen-bond donors (Lipinski definition) is 1. The molecule has 0 bridgehead atoms. The maximum atomic E-state index is 11.7. The summed E-state index contributed by atoms with van der Waals surface area (Å²) in [5.74, 6) is 0.972. The molecule has 1 aromatic rings. The van der Waals surface area contributed by atoms with E-state index in [0.29, 0.717) is 11.6 Å². The Bertz CT molecular complexity index is 348. The first kappa shape index (κ1) is 12.6. The summed E-state index contributed by atoms with van der Waals surface area (Å²) in [6.45, 7) is 3.86. The molecule has 1 N–H and O–H groups in total. The summed E-state index contributed by atoms with van der Waals surface area (Å²) >= 11 is 0. The van der Waals surface area contributed by atoms with Gasteiger partial charge in [0.2, 0.25) is 0 Å². The summed E-state index contributed by atoms with van der Waals surface area (Å²) in [5, 5.41) is 6.59. The highest BCUT2D eigenvalue weighted by atomic mass is 16.5. The maximum absolute atomic E-state index is 11.7. The molecule has 1 heterocycles. The van der Waals surface area contributed by atoms with E-state index in [4.69, 9.17) is 4.74 Å². The van der Waals surface area contributed by atoms with E-state index in [0.717, 1.165) is 6.42 Å². The minimum Gasteiger partial charge on any atom is -0.456 e. The van der Waals surface area contributed by atoms with Crippen LogP contribution in [0, 0.1) is 6.92 Å². The lowest BCUT2D eigenvalue weighted by Crippen LogP contribution is -2.36. The zero-order chi connectivity index (χ0) is 12.1. The average molecular weight is 226 g/mol. The molecule has 0 aliphatic rings. The second kappa shape index (κ2) is 5.60. The minimum absolute atomic E-state index is 0.119. The number of H-pyrrole nitrogens is 1. The number of carbonyl (C=O) groups is 1. The van der Waals surface area contributed by atoms with Crippen molar-refractivity contribution in [3.05, 3.63) is 11.6 Å². The van der Waals surface area contributed by atoms with Crippen molar-refractivity contribution in [3.8, 4) is 0 Å². The number of rotatable bonds is 5. The minimum atomic E-state index is -0.241. The number of ether oxygens (including phenoxy) is 1. The molecular weight excluding hydrogens is 208 g/mol. The van der Waals surface area contributed by atoms with Crippen LogP contribution in [0.2, 0.25) is 0 Å². The van der Waals surface area contributed by atoms with Crippen molar-refractivity contribution < 1.29 is 9.53 Å². The van der Waals surface area contributed by atoms with E-state index in [1.54, 1.807) is 6.92 Å². The van der Waals surface area contributed by atoms with Gasteiger partial charge in [-0.2, -0.15) is 5.10 Å². The number of hydrogen-bond acceptors (Lipinski definition) is 5. The summed E-state index contributed by atoms with van der Waals surface area (Å²) < 4.78 is 5.13. The van der Waals surface area contributed by atoms with Gasteiger partial charge in [0.15, 0.2) is 12.4 Å². The summed E-state index contributed by atoms with van der Waals surface area (Å²) in [7, 11) is 3.71. The number of aromatic nitrogens is 3. The van der Waals surface area contributed by atoms with E-state index in [9.17, 15) is 4.79 Å². The van der Waals surface area contributed by atoms with Gasteiger partial charge < -0.3 is 4.74 Å². The Morgan fingerprint density at radius 2 is 2.25 bits per heavy atom. The Kier molecular flexibility index (Phi) is 4.42. The molecule has 1 aromatic heterocycles. The molecule has 0 aliphatic carbocycles. The lowest BCUT2D eigenvalue weighted by atomic mass is 10.2. The van der Waals surface area contributed by atoms with Gasteiger partial charge in [-0.1, -0.05) is 6.92 Å². The third-order valence-corrected chi connectivity index (χ3v) is 2.27. The van der Waals surface area contributed by atoms with Crippen molar-refractivity contribution in [2.45, 2.75) is 32.9 Å². The molecule has 0 radical (unpaired) electrons. The van der Waals surface area contributed by atoms with E-state index in [1.165, 1.54) is 0 Å². The molecule has 0 aromatic carbocycles. The highest BCUT2D eigenvalue weighted by Crippen LogP contribution is 2.03. The van der Waals surface area contributed by atoms with Gasteiger partial charge in [0.05, 0.1) is 0 Å². The molecule has 0 fully saturated rings. The number of esters is 1. The SMILES string of the molecule is CCC(C(=O)OCc1n[nH]c(C)n1)N(C)C. The number of aryl methyl sites for hydroxylation is 1. The molecule has 0 spiro atoms. The molecule has 0 amide bonds. The fourth-order valence-electron chi connectivity index (χ4n) is 1.43. The Labute approximate surface area is 95.0 Å². The second-order valence-electron chi connectivity index (χ2n) is 3.83. The molecule has 6 nitrogen and oxygen atoms in total. The zero-order valence-electron chi connectivity index (χ0n) is 10.1. The fourth-order valence-corrected chi connectivity index (χ4v) is 1.43. The topological polar surface area (TPSA) is 71.1 Å². The van der Waals surface area contributed by atoms with Crippen LogP contribution in [0.3, 0.4) is 0 Å². The van der Waals surface area contributed by atoms with Gasteiger partial charge in [-0.3, -0.25) is 14.8 Å². The molecule has 1 rings (SSSR count). The van der Waals surface area contributed by atoms with Crippen LogP contribution in [0.25, 0.3) is 0 Å². The number of aromatic amines is 1. The molecule has 90 valence electrons. The molecule has 6 heteroatoms. The lowest BCUT2D eigenvalue weighted by Gasteiger charge is -2.20. The van der Waals surface area contributed by atoms with E-state index < -0.39 is 0 Å². The molecule has 1 atom stereocenters. The van der Waals surface area contributed by atoms with E-state index in [-0.39, 0.29) is 18.6 Å². The van der Waals surface area contributed by atoms with Crippen molar-refractivity contribution in [3.63, 3.8) is 0 Å². The molecule has 0 saturated carbocycles. The van der Waals surface area contributed by atoms with Gasteiger partial charge >= 0.3 is 5.97 Å². The van der Waals surface area contributed by atoms with Crippen LogP contribution in [0.5, 0.6) is 0 Å². The quantitative estimate of drug-likeness (QED) is 0.740. The van der Waals surface area contributed by atoms with E-state index in [1.807, 2.05) is 25.9 Å². The van der Waals surface area contributed by atoms with Crippen molar-refractivity contribution in [1.82, 2.24) is 20.1 Å². The van der Waals surface area contributed by atoms with Gasteiger partial charge in [-0.25, -0.2) is 4.98 Å². The number of carbonyl (C=O) groups excluding carboxylic acids is 1. The molecular formula is C10H18N4O2. The van der Waals surface area contributed by atoms with Crippen LogP contribution in [0.4, 0.5) is 0 Å². The standard InChI is InChI=1S/C10H18N4O2/c1-5-8(14(3)4)10(15)16-6-9-11-7(2)12-13-9/h8H,5-6H2,1-4H3,(H,11,12,13). The fraction of sp³-hybridized carbons (Fsp3) is 0.700. The highest BCUT2D eigenvalue weighted by molar-refractivity contribution is 5.75.